The molecule has 3 nitrogen and oxygen atoms in total. The summed E-state index contributed by atoms with van der Waals surface area (Å²) in [5, 5.41) is 3.30. The predicted molar refractivity (Wildman–Crippen MR) is 62.4 cm³/mol. The molecule has 3 heteroatoms. The number of rotatable bonds is 4. The highest BCUT2D eigenvalue weighted by molar-refractivity contribution is 5.84. The number of carbonyl (C=O) groups is 1. The minimum absolute atomic E-state index is 0.0257. The molecule has 0 aromatic heterocycles. The maximum atomic E-state index is 12.1. The molecule has 2 atom stereocenters. The van der Waals surface area contributed by atoms with Gasteiger partial charge in [0.15, 0.2) is 0 Å². The molecule has 2 unspecified atom stereocenters. The predicted octanol–water partition coefficient (Wildman–Crippen LogP) is 1.83. The summed E-state index contributed by atoms with van der Waals surface area (Å²) >= 11 is 0. The summed E-state index contributed by atoms with van der Waals surface area (Å²) in [5.41, 5.74) is 0. The molecule has 1 amide bonds. The molecule has 0 saturated carbocycles. The van der Waals surface area contributed by atoms with Crippen LogP contribution in [-0.2, 0) is 4.79 Å². The van der Waals surface area contributed by atoms with Gasteiger partial charge in [-0.1, -0.05) is 34.6 Å². The number of nitrogens with zero attached hydrogens (tertiary/aromatic N) is 1. The lowest BCUT2D eigenvalue weighted by Gasteiger charge is -2.29. The van der Waals surface area contributed by atoms with Gasteiger partial charge in [0, 0.05) is 6.04 Å². The van der Waals surface area contributed by atoms with Crippen LogP contribution in [0.25, 0.3) is 0 Å². The zero-order valence-corrected chi connectivity index (χ0v) is 10.6. The number of nitrogens with one attached hydrogen (secondary N) is 1. The van der Waals surface area contributed by atoms with Gasteiger partial charge < -0.3 is 4.90 Å². The fourth-order valence-electron chi connectivity index (χ4n) is 2.39. The van der Waals surface area contributed by atoms with Crippen LogP contribution in [0.2, 0.25) is 0 Å². The largest absolute Gasteiger partial charge is 0.325 e. The van der Waals surface area contributed by atoms with Crippen molar-refractivity contribution in [3.05, 3.63) is 0 Å². The molecular weight excluding hydrogens is 188 g/mol. The van der Waals surface area contributed by atoms with E-state index < -0.39 is 0 Å². The molecule has 0 bridgehead atoms. The minimum Gasteiger partial charge on any atom is -0.325 e. The summed E-state index contributed by atoms with van der Waals surface area (Å²) in [6.07, 6.45) is 1.04. The number of amides is 1. The molecular formula is C12H24N2O. The maximum Gasteiger partial charge on any atom is 0.241 e. The Kier molecular flexibility index (Phi) is 4.14. The molecule has 1 aliphatic heterocycles. The van der Waals surface area contributed by atoms with E-state index in [4.69, 9.17) is 0 Å². The highest BCUT2D eigenvalue weighted by Crippen LogP contribution is 2.20. The third-order valence-electron chi connectivity index (χ3n) is 3.29. The van der Waals surface area contributed by atoms with Gasteiger partial charge in [0.05, 0.1) is 12.7 Å². The van der Waals surface area contributed by atoms with E-state index in [1.807, 2.05) is 4.90 Å². The van der Waals surface area contributed by atoms with E-state index in [1.54, 1.807) is 0 Å². The Morgan fingerprint density at radius 2 is 2.00 bits per heavy atom. The Morgan fingerprint density at radius 3 is 2.33 bits per heavy atom. The molecule has 0 aromatic carbocycles. The lowest BCUT2D eigenvalue weighted by Crippen LogP contribution is -2.42. The number of hydrogen-bond donors (Lipinski definition) is 1. The Balaban J connectivity index is 2.70. The summed E-state index contributed by atoms with van der Waals surface area (Å²) in [6.45, 7) is 11.4. The number of hydrogen-bond acceptors (Lipinski definition) is 2. The smallest absolute Gasteiger partial charge is 0.241 e. The fraction of sp³-hybridized carbons (Fsp3) is 0.917. The van der Waals surface area contributed by atoms with Gasteiger partial charge in [0.25, 0.3) is 0 Å². The van der Waals surface area contributed by atoms with Crippen LogP contribution in [0.3, 0.4) is 0 Å². The van der Waals surface area contributed by atoms with Crippen LogP contribution in [0.1, 0.15) is 41.0 Å². The molecule has 88 valence electrons. The van der Waals surface area contributed by atoms with E-state index in [1.165, 1.54) is 0 Å². The Labute approximate surface area is 93.2 Å². The van der Waals surface area contributed by atoms with Crippen LogP contribution in [0.4, 0.5) is 0 Å². The highest BCUT2D eigenvalue weighted by Gasteiger charge is 2.37. The quantitative estimate of drug-likeness (QED) is 0.771. The van der Waals surface area contributed by atoms with Crippen molar-refractivity contribution in [2.45, 2.75) is 53.1 Å². The van der Waals surface area contributed by atoms with Gasteiger partial charge in [-0.05, 0) is 18.3 Å². The van der Waals surface area contributed by atoms with Crippen molar-refractivity contribution in [1.29, 1.82) is 0 Å². The first-order valence-electron chi connectivity index (χ1n) is 6.02. The van der Waals surface area contributed by atoms with Crippen molar-refractivity contribution in [3.8, 4) is 0 Å². The summed E-state index contributed by atoms with van der Waals surface area (Å²) in [4.78, 5) is 14.1. The van der Waals surface area contributed by atoms with Crippen molar-refractivity contribution in [2.24, 2.45) is 11.8 Å². The lowest BCUT2D eigenvalue weighted by atomic mass is 9.99. The van der Waals surface area contributed by atoms with E-state index in [-0.39, 0.29) is 11.9 Å². The van der Waals surface area contributed by atoms with Crippen LogP contribution in [0.15, 0.2) is 0 Å². The molecule has 0 aromatic rings. The second kappa shape index (κ2) is 4.97. The van der Waals surface area contributed by atoms with E-state index in [0.29, 0.717) is 17.9 Å². The molecule has 1 rings (SSSR count). The molecule has 1 fully saturated rings. The average Bonchev–Trinajstić information content (AvgIpc) is 2.49. The van der Waals surface area contributed by atoms with Gasteiger partial charge in [-0.2, -0.15) is 0 Å². The SMILES string of the molecule is CCC(C(C)C)N1CNC(C(C)C)C1=O. The first-order valence-corrected chi connectivity index (χ1v) is 6.02. The topological polar surface area (TPSA) is 32.3 Å². The van der Waals surface area contributed by atoms with Crippen molar-refractivity contribution in [2.75, 3.05) is 6.67 Å². The van der Waals surface area contributed by atoms with Crippen LogP contribution in [0.5, 0.6) is 0 Å². The summed E-state index contributed by atoms with van der Waals surface area (Å²) in [7, 11) is 0. The van der Waals surface area contributed by atoms with E-state index in [0.717, 1.165) is 13.1 Å². The van der Waals surface area contributed by atoms with Crippen LogP contribution in [-0.4, -0.2) is 29.6 Å². The van der Waals surface area contributed by atoms with Crippen LogP contribution in [0, 0.1) is 11.8 Å². The second-order valence-electron chi connectivity index (χ2n) is 5.11. The van der Waals surface area contributed by atoms with Crippen molar-refractivity contribution >= 4 is 5.91 Å². The maximum absolute atomic E-state index is 12.1. The molecule has 1 heterocycles. The molecule has 1 N–H and O–H groups in total. The molecule has 0 aliphatic carbocycles. The van der Waals surface area contributed by atoms with Crippen molar-refractivity contribution in [3.63, 3.8) is 0 Å². The first kappa shape index (κ1) is 12.5. The van der Waals surface area contributed by atoms with Crippen molar-refractivity contribution < 1.29 is 4.79 Å². The Morgan fingerprint density at radius 1 is 1.40 bits per heavy atom. The molecule has 1 aliphatic rings. The summed E-state index contributed by atoms with van der Waals surface area (Å²) < 4.78 is 0. The molecule has 1 saturated heterocycles. The van der Waals surface area contributed by atoms with E-state index in [9.17, 15) is 4.79 Å². The van der Waals surface area contributed by atoms with Gasteiger partial charge >= 0.3 is 0 Å². The van der Waals surface area contributed by atoms with Gasteiger partial charge in [0.1, 0.15) is 0 Å². The van der Waals surface area contributed by atoms with Crippen molar-refractivity contribution in [1.82, 2.24) is 10.2 Å². The Bertz CT molecular complexity index is 226. The Hall–Kier alpha value is -0.570. The monoisotopic (exact) mass is 212 g/mol. The van der Waals surface area contributed by atoms with Gasteiger partial charge in [-0.25, -0.2) is 0 Å². The average molecular weight is 212 g/mol. The first-order chi connectivity index (χ1) is 6.99. The zero-order valence-electron chi connectivity index (χ0n) is 10.6. The fourth-order valence-corrected chi connectivity index (χ4v) is 2.39. The third-order valence-corrected chi connectivity index (χ3v) is 3.29. The molecule has 0 spiro atoms. The van der Waals surface area contributed by atoms with Gasteiger partial charge in [-0.15, -0.1) is 0 Å². The lowest BCUT2D eigenvalue weighted by molar-refractivity contribution is -0.132. The molecule has 0 radical (unpaired) electrons. The standard InChI is InChI=1S/C12H24N2O/c1-6-10(8(2)3)14-7-13-11(9(4)5)12(14)15/h8-11,13H,6-7H2,1-5H3. The van der Waals surface area contributed by atoms with Gasteiger partial charge in [-0.3, -0.25) is 10.1 Å². The second-order valence-corrected chi connectivity index (χ2v) is 5.11. The van der Waals surface area contributed by atoms with E-state index >= 15 is 0 Å². The normalized spacial score (nSPS) is 24.3. The third kappa shape index (κ3) is 2.51. The minimum atomic E-state index is 0.0257. The summed E-state index contributed by atoms with van der Waals surface area (Å²) in [5.74, 6) is 1.20. The van der Waals surface area contributed by atoms with Gasteiger partial charge in [0.2, 0.25) is 5.91 Å². The highest BCUT2D eigenvalue weighted by atomic mass is 16.2. The van der Waals surface area contributed by atoms with E-state index in [2.05, 4.69) is 39.9 Å². The van der Waals surface area contributed by atoms with Crippen LogP contribution < -0.4 is 5.32 Å². The number of carbonyl (C=O) groups excluding carboxylic acids is 1. The summed E-state index contributed by atoms with van der Waals surface area (Å²) in [6, 6.07) is 0.409. The van der Waals surface area contributed by atoms with Crippen LogP contribution >= 0.6 is 0 Å². The zero-order chi connectivity index (χ0) is 11.6. The molecule has 15 heavy (non-hydrogen) atoms.